The fourth-order valence-corrected chi connectivity index (χ4v) is 3.80. The van der Waals surface area contributed by atoms with Crippen molar-refractivity contribution in [2.75, 3.05) is 7.05 Å². The van der Waals surface area contributed by atoms with Gasteiger partial charge in [0.15, 0.2) is 5.76 Å². The molecule has 0 saturated carbocycles. The van der Waals surface area contributed by atoms with E-state index < -0.39 is 10.0 Å². The summed E-state index contributed by atoms with van der Waals surface area (Å²) in [5.41, 5.74) is 1.13. The highest BCUT2D eigenvalue weighted by Gasteiger charge is 2.29. The SMILES string of the molecule is Cc1noc(C)c1S(=O)(=O)N(C)Cc1c(Br)cnn1C. The molecule has 2 aromatic heterocycles. The lowest BCUT2D eigenvalue weighted by Gasteiger charge is -2.17. The maximum atomic E-state index is 12.6. The fourth-order valence-electron chi connectivity index (χ4n) is 1.91. The number of rotatable bonds is 4. The molecule has 7 nitrogen and oxygen atoms in total. The van der Waals surface area contributed by atoms with Crippen LogP contribution < -0.4 is 0 Å². The third kappa shape index (κ3) is 2.52. The van der Waals surface area contributed by atoms with Crippen LogP contribution in [0.2, 0.25) is 0 Å². The van der Waals surface area contributed by atoms with E-state index in [0.29, 0.717) is 11.5 Å². The molecule has 0 fully saturated rings. The minimum Gasteiger partial charge on any atom is -0.360 e. The van der Waals surface area contributed by atoms with Crippen molar-refractivity contribution in [3.8, 4) is 0 Å². The van der Waals surface area contributed by atoms with Gasteiger partial charge in [-0.2, -0.15) is 9.40 Å². The molecule has 0 spiro atoms. The van der Waals surface area contributed by atoms with E-state index in [1.807, 2.05) is 0 Å². The summed E-state index contributed by atoms with van der Waals surface area (Å²) in [6.07, 6.45) is 1.63. The molecule has 0 radical (unpaired) electrons. The summed E-state index contributed by atoms with van der Waals surface area (Å²) >= 11 is 3.35. The van der Waals surface area contributed by atoms with Crippen LogP contribution in [0.1, 0.15) is 17.1 Å². The predicted molar refractivity (Wildman–Crippen MR) is 75.5 cm³/mol. The van der Waals surface area contributed by atoms with Crippen molar-refractivity contribution in [2.24, 2.45) is 7.05 Å². The summed E-state index contributed by atoms with van der Waals surface area (Å²) in [6.45, 7) is 3.39. The predicted octanol–water partition coefficient (Wildman–Crippen LogP) is 1.61. The van der Waals surface area contributed by atoms with E-state index in [1.54, 1.807) is 31.8 Å². The summed E-state index contributed by atoms with van der Waals surface area (Å²) in [5.74, 6) is 0.290. The van der Waals surface area contributed by atoms with Crippen molar-refractivity contribution in [1.29, 1.82) is 0 Å². The normalized spacial score (nSPS) is 12.3. The summed E-state index contributed by atoms with van der Waals surface area (Å²) < 4.78 is 33.7. The van der Waals surface area contributed by atoms with Crippen LogP contribution in [0, 0.1) is 13.8 Å². The minimum absolute atomic E-state index is 0.123. The number of nitrogens with zero attached hydrogens (tertiary/aromatic N) is 4. The fraction of sp³-hybridized carbons (Fsp3) is 0.455. The second kappa shape index (κ2) is 5.30. The Morgan fingerprint density at radius 1 is 1.45 bits per heavy atom. The third-order valence-corrected chi connectivity index (χ3v) is 5.73. The molecule has 0 amide bonds. The number of sulfonamides is 1. The lowest BCUT2D eigenvalue weighted by atomic mass is 10.4. The molecule has 2 rings (SSSR count). The van der Waals surface area contributed by atoms with Gasteiger partial charge in [-0.15, -0.1) is 0 Å². The Balaban J connectivity index is 2.36. The van der Waals surface area contributed by atoms with Crippen LogP contribution in [-0.4, -0.2) is 34.7 Å². The van der Waals surface area contributed by atoms with E-state index in [1.165, 1.54) is 11.4 Å². The van der Waals surface area contributed by atoms with Gasteiger partial charge in [-0.25, -0.2) is 8.42 Å². The van der Waals surface area contributed by atoms with Gasteiger partial charge in [0.1, 0.15) is 10.6 Å². The zero-order valence-electron chi connectivity index (χ0n) is 11.6. The van der Waals surface area contributed by atoms with Crippen LogP contribution in [0.5, 0.6) is 0 Å². The van der Waals surface area contributed by atoms with E-state index in [4.69, 9.17) is 4.52 Å². The largest absolute Gasteiger partial charge is 0.360 e. The van der Waals surface area contributed by atoms with Gasteiger partial charge in [-0.05, 0) is 29.8 Å². The number of aryl methyl sites for hydroxylation is 3. The first-order chi connectivity index (χ1) is 9.25. The van der Waals surface area contributed by atoms with Gasteiger partial charge in [0, 0.05) is 14.1 Å². The van der Waals surface area contributed by atoms with Crippen LogP contribution in [0.25, 0.3) is 0 Å². The number of hydrogen-bond acceptors (Lipinski definition) is 5. The van der Waals surface area contributed by atoms with Crippen molar-refractivity contribution < 1.29 is 12.9 Å². The van der Waals surface area contributed by atoms with Gasteiger partial charge < -0.3 is 4.52 Å². The average molecular weight is 363 g/mol. The van der Waals surface area contributed by atoms with E-state index in [0.717, 1.165) is 10.2 Å². The third-order valence-electron chi connectivity index (χ3n) is 3.02. The Morgan fingerprint density at radius 2 is 2.10 bits per heavy atom. The second-order valence-corrected chi connectivity index (χ2v) is 7.31. The Labute approximate surface area is 125 Å². The number of aromatic nitrogens is 3. The quantitative estimate of drug-likeness (QED) is 0.824. The minimum atomic E-state index is -3.65. The topological polar surface area (TPSA) is 81.2 Å². The molecular weight excluding hydrogens is 348 g/mol. The molecule has 20 heavy (non-hydrogen) atoms. The molecule has 0 aliphatic carbocycles. The maximum Gasteiger partial charge on any atom is 0.248 e. The Morgan fingerprint density at radius 3 is 2.55 bits per heavy atom. The van der Waals surface area contributed by atoms with Gasteiger partial charge in [0.05, 0.1) is 22.9 Å². The first-order valence-electron chi connectivity index (χ1n) is 5.80. The lowest BCUT2D eigenvalue weighted by molar-refractivity contribution is 0.389. The monoisotopic (exact) mass is 362 g/mol. The zero-order valence-corrected chi connectivity index (χ0v) is 14.0. The Kier molecular flexibility index (Phi) is 4.03. The number of hydrogen-bond donors (Lipinski definition) is 0. The molecule has 2 aromatic rings. The van der Waals surface area contributed by atoms with Crippen molar-refractivity contribution >= 4 is 26.0 Å². The van der Waals surface area contributed by atoms with E-state index >= 15 is 0 Å². The highest BCUT2D eigenvalue weighted by molar-refractivity contribution is 9.10. The summed E-state index contributed by atoms with van der Waals surface area (Å²) in [5, 5.41) is 7.76. The molecule has 0 aliphatic rings. The van der Waals surface area contributed by atoms with Crippen molar-refractivity contribution in [1.82, 2.24) is 19.2 Å². The van der Waals surface area contributed by atoms with Gasteiger partial charge in [-0.1, -0.05) is 5.16 Å². The number of halogens is 1. The standard InChI is InChI=1S/C11H15BrN4O3S/c1-7-11(8(2)19-14-7)20(17,18)15(3)6-10-9(12)5-13-16(10)4/h5H,6H2,1-4H3. The molecule has 0 unspecified atom stereocenters. The van der Waals surface area contributed by atoms with Crippen molar-refractivity contribution in [3.05, 3.63) is 27.8 Å². The highest BCUT2D eigenvalue weighted by Crippen LogP contribution is 2.25. The molecule has 0 atom stereocenters. The van der Waals surface area contributed by atoms with Gasteiger partial charge >= 0.3 is 0 Å². The van der Waals surface area contributed by atoms with Crippen LogP contribution in [0.4, 0.5) is 0 Å². The first-order valence-corrected chi connectivity index (χ1v) is 8.04. The van der Waals surface area contributed by atoms with Crippen LogP contribution in [-0.2, 0) is 23.6 Å². The van der Waals surface area contributed by atoms with Crippen LogP contribution in [0.15, 0.2) is 20.1 Å². The maximum absolute atomic E-state index is 12.6. The summed E-state index contributed by atoms with van der Waals surface area (Å²) in [4.78, 5) is 0.123. The molecular formula is C11H15BrN4O3S. The van der Waals surface area contributed by atoms with E-state index in [2.05, 4.69) is 26.2 Å². The molecule has 0 N–H and O–H groups in total. The Hall–Kier alpha value is -1.19. The molecule has 0 aromatic carbocycles. The van der Waals surface area contributed by atoms with Gasteiger partial charge in [0.2, 0.25) is 10.0 Å². The summed E-state index contributed by atoms with van der Waals surface area (Å²) in [7, 11) is -0.377. The van der Waals surface area contributed by atoms with Crippen LogP contribution in [0.3, 0.4) is 0 Å². The van der Waals surface area contributed by atoms with E-state index in [9.17, 15) is 8.42 Å². The zero-order chi connectivity index (χ0) is 15.1. The van der Waals surface area contributed by atoms with Gasteiger partial charge in [0.25, 0.3) is 0 Å². The molecule has 0 saturated heterocycles. The van der Waals surface area contributed by atoms with Crippen LogP contribution >= 0.6 is 15.9 Å². The van der Waals surface area contributed by atoms with Crippen molar-refractivity contribution in [2.45, 2.75) is 25.3 Å². The highest BCUT2D eigenvalue weighted by atomic mass is 79.9. The summed E-state index contributed by atoms with van der Waals surface area (Å²) in [6, 6.07) is 0. The molecule has 9 heteroatoms. The molecule has 2 heterocycles. The average Bonchev–Trinajstić information content (AvgIpc) is 2.86. The molecule has 0 bridgehead atoms. The van der Waals surface area contributed by atoms with Gasteiger partial charge in [-0.3, -0.25) is 4.68 Å². The first kappa shape index (κ1) is 15.2. The van der Waals surface area contributed by atoms with Crippen molar-refractivity contribution in [3.63, 3.8) is 0 Å². The smallest absolute Gasteiger partial charge is 0.248 e. The Bertz CT molecular complexity index is 696. The molecule has 0 aliphatic heterocycles. The second-order valence-electron chi connectivity index (χ2n) is 4.48. The van der Waals surface area contributed by atoms with E-state index in [-0.39, 0.29) is 11.4 Å². The molecule has 110 valence electrons. The lowest BCUT2D eigenvalue weighted by Crippen LogP contribution is -2.28.